The Hall–Kier alpha value is -2.03. The smallest absolute Gasteiger partial charge is 0.326 e. The number of thiol groups is 2. The normalized spacial score (nSPS) is 14.9. The molecule has 0 aromatic heterocycles. The van der Waals surface area contributed by atoms with Crippen molar-refractivity contribution in [2.24, 2.45) is 5.73 Å². The lowest BCUT2D eigenvalue weighted by molar-refractivity contribution is -0.143. The summed E-state index contributed by atoms with van der Waals surface area (Å²) in [7, 11) is 0. The third-order valence-electron chi connectivity index (χ3n) is 3.43. The number of hydrogen-bond acceptors (Lipinski definition) is 9. The lowest BCUT2D eigenvalue weighted by atomic mass is 10.1. The molecule has 0 radical (unpaired) electrons. The van der Waals surface area contributed by atoms with Gasteiger partial charge in [-0.3, -0.25) is 19.2 Å². The molecule has 0 aliphatic carbocycles. The van der Waals surface area contributed by atoms with E-state index in [0.717, 1.165) is 0 Å². The molecule has 4 atom stereocenters. The molecule has 8 N–H and O–H groups in total. The summed E-state index contributed by atoms with van der Waals surface area (Å²) in [5, 5.41) is 33.5. The number of nitrogens with one attached hydrogen (secondary N) is 3. The minimum absolute atomic E-state index is 0.000190. The summed E-state index contributed by atoms with van der Waals surface area (Å²) in [6.07, 6.45) is -0.847. The summed E-state index contributed by atoms with van der Waals surface area (Å²) in [6.45, 7) is -0.784. The third-order valence-corrected chi connectivity index (χ3v) is 4.18. The molecule has 0 aromatic rings. The number of aliphatic hydroxyl groups is 1. The maximum Gasteiger partial charge on any atom is 0.326 e. The van der Waals surface area contributed by atoms with E-state index >= 15 is 0 Å². The SMILES string of the molecule is NC(CS)C(=O)NC(CO)C(=O)NC(CS)C(=O)NC(CCC(=O)O)C(=O)O. The average molecular weight is 441 g/mol. The Morgan fingerprint density at radius 2 is 1.32 bits per heavy atom. The van der Waals surface area contributed by atoms with Crippen molar-refractivity contribution >= 4 is 54.9 Å². The predicted octanol–water partition coefficient (Wildman–Crippen LogP) is -3.43. The number of hydrogen-bond donors (Lipinski definition) is 9. The Morgan fingerprint density at radius 3 is 1.75 bits per heavy atom. The lowest BCUT2D eigenvalue weighted by Gasteiger charge is -2.23. The summed E-state index contributed by atoms with van der Waals surface area (Å²) < 4.78 is 0. The standard InChI is InChI=1S/C14H24N4O8S2/c15-6(4-27)11(22)17-8(3-19)12(23)18-9(5-28)13(24)16-7(14(25)26)1-2-10(20)21/h6-9,19,27-28H,1-5,15H2,(H,16,24)(H,17,22)(H,18,23)(H,20,21)(H,25,26). The molecule has 0 aromatic carbocycles. The molecule has 160 valence electrons. The number of carbonyl (C=O) groups excluding carboxylic acids is 3. The average Bonchev–Trinajstić information content (AvgIpc) is 2.65. The maximum atomic E-state index is 12.2. The Bertz CT molecular complexity index is 592. The monoisotopic (exact) mass is 440 g/mol. The molecule has 0 aliphatic rings. The van der Waals surface area contributed by atoms with E-state index in [0.29, 0.717) is 0 Å². The molecule has 0 saturated carbocycles. The highest BCUT2D eigenvalue weighted by atomic mass is 32.1. The lowest BCUT2D eigenvalue weighted by Crippen LogP contribution is -2.58. The molecule has 0 heterocycles. The van der Waals surface area contributed by atoms with Crippen LogP contribution in [0, 0.1) is 0 Å². The largest absolute Gasteiger partial charge is 0.481 e. The fraction of sp³-hybridized carbons (Fsp3) is 0.643. The molecule has 28 heavy (non-hydrogen) atoms. The van der Waals surface area contributed by atoms with Crippen molar-refractivity contribution in [3.05, 3.63) is 0 Å². The first-order valence-corrected chi connectivity index (χ1v) is 9.27. The van der Waals surface area contributed by atoms with Crippen LogP contribution in [-0.2, 0) is 24.0 Å². The molecule has 4 unspecified atom stereocenters. The van der Waals surface area contributed by atoms with Crippen LogP contribution in [0.15, 0.2) is 0 Å². The molecule has 3 amide bonds. The number of carbonyl (C=O) groups is 5. The van der Waals surface area contributed by atoms with Crippen LogP contribution in [-0.4, -0.2) is 87.3 Å². The van der Waals surface area contributed by atoms with Gasteiger partial charge in [0.1, 0.15) is 18.1 Å². The van der Waals surface area contributed by atoms with Crippen molar-refractivity contribution in [2.45, 2.75) is 37.0 Å². The topological polar surface area (TPSA) is 208 Å². The summed E-state index contributed by atoms with van der Waals surface area (Å²) in [4.78, 5) is 57.8. The first kappa shape index (κ1) is 26.0. The minimum atomic E-state index is -1.48. The Kier molecular flexibility index (Phi) is 12.2. The molecular weight excluding hydrogens is 416 g/mol. The van der Waals surface area contributed by atoms with Crippen LogP contribution in [0.5, 0.6) is 0 Å². The molecular formula is C14H24N4O8S2. The second kappa shape index (κ2) is 13.2. The minimum Gasteiger partial charge on any atom is -0.481 e. The molecule has 14 heteroatoms. The van der Waals surface area contributed by atoms with Gasteiger partial charge < -0.3 is 37.0 Å². The van der Waals surface area contributed by atoms with Gasteiger partial charge in [0.05, 0.1) is 12.6 Å². The number of aliphatic carboxylic acids is 2. The molecule has 0 saturated heterocycles. The number of amides is 3. The van der Waals surface area contributed by atoms with Crippen LogP contribution in [0.3, 0.4) is 0 Å². The highest BCUT2D eigenvalue weighted by molar-refractivity contribution is 7.80. The molecule has 0 aliphatic heterocycles. The fourth-order valence-electron chi connectivity index (χ4n) is 1.82. The summed E-state index contributed by atoms with van der Waals surface area (Å²) >= 11 is 7.74. The number of carboxylic acids is 2. The van der Waals surface area contributed by atoms with Gasteiger partial charge in [-0.1, -0.05) is 0 Å². The highest BCUT2D eigenvalue weighted by Gasteiger charge is 2.29. The summed E-state index contributed by atoms with van der Waals surface area (Å²) in [6, 6.07) is -5.20. The molecule has 0 spiro atoms. The van der Waals surface area contributed by atoms with Gasteiger partial charge in [0, 0.05) is 17.9 Å². The van der Waals surface area contributed by atoms with Gasteiger partial charge in [-0.05, 0) is 6.42 Å². The zero-order valence-corrected chi connectivity index (χ0v) is 16.5. The van der Waals surface area contributed by atoms with E-state index in [4.69, 9.17) is 15.9 Å². The van der Waals surface area contributed by atoms with E-state index in [1.165, 1.54) is 0 Å². The van der Waals surface area contributed by atoms with Gasteiger partial charge in [0.15, 0.2) is 0 Å². The maximum absolute atomic E-state index is 12.2. The predicted molar refractivity (Wildman–Crippen MR) is 103 cm³/mol. The van der Waals surface area contributed by atoms with Gasteiger partial charge in [0.25, 0.3) is 0 Å². The van der Waals surface area contributed by atoms with E-state index in [1.807, 2.05) is 0 Å². The van der Waals surface area contributed by atoms with Crippen molar-refractivity contribution in [2.75, 3.05) is 18.1 Å². The number of nitrogens with two attached hydrogens (primary N) is 1. The zero-order chi connectivity index (χ0) is 21.9. The van der Waals surface area contributed by atoms with Crippen LogP contribution in [0.1, 0.15) is 12.8 Å². The van der Waals surface area contributed by atoms with Crippen LogP contribution in [0.25, 0.3) is 0 Å². The van der Waals surface area contributed by atoms with Crippen molar-refractivity contribution < 1.29 is 39.3 Å². The van der Waals surface area contributed by atoms with E-state index in [1.54, 1.807) is 0 Å². The Labute approximate surface area is 171 Å². The van der Waals surface area contributed by atoms with Crippen molar-refractivity contribution in [3.8, 4) is 0 Å². The Morgan fingerprint density at radius 1 is 0.821 bits per heavy atom. The van der Waals surface area contributed by atoms with Crippen LogP contribution < -0.4 is 21.7 Å². The second-order valence-electron chi connectivity index (χ2n) is 5.61. The van der Waals surface area contributed by atoms with E-state index < -0.39 is 66.9 Å². The fourth-order valence-corrected chi connectivity index (χ4v) is 2.24. The zero-order valence-electron chi connectivity index (χ0n) is 14.7. The number of carboxylic acid groups (broad SMARTS) is 2. The van der Waals surface area contributed by atoms with Crippen molar-refractivity contribution in [3.63, 3.8) is 0 Å². The quantitative estimate of drug-likeness (QED) is 0.130. The van der Waals surface area contributed by atoms with Crippen LogP contribution in [0.4, 0.5) is 0 Å². The third kappa shape index (κ3) is 9.25. The highest BCUT2D eigenvalue weighted by Crippen LogP contribution is 2.00. The van der Waals surface area contributed by atoms with Crippen molar-refractivity contribution in [1.82, 2.24) is 16.0 Å². The first-order chi connectivity index (χ1) is 13.1. The summed E-state index contributed by atoms with van der Waals surface area (Å²) in [5.41, 5.74) is 5.45. The second-order valence-corrected chi connectivity index (χ2v) is 6.34. The number of aliphatic hydroxyl groups excluding tert-OH is 1. The molecule has 0 fully saturated rings. The molecule has 12 nitrogen and oxygen atoms in total. The van der Waals surface area contributed by atoms with E-state index in [2.05, 4.69) is 41.2 Å². The van der Waals surface area contributed by atoms with E-state index in [-0.39, 0.29) is 17.9 Å². The number of rotatable bonds is 13. The van der Waals surface area contributed by atoms with Gasteiger partial charge >= 0.3 is 11.9 Å². The van der Waals surface area contributed by atoms with Gasteiger partial charge in [-0.2, -0.15) is 25.3 Å². The van der Waals surface area contributed by atoms with Gasteiger partial charge in [-0.15, -0.1) is 0 Å². The van der Waals surface area contributed by atoms with Crippen molar-refractivity contribution in [1.29, 1.82) is 0 Å². The van der Waals surface area contributed by atoms with E-state index in [9.17, 15) is 29.1 Å². The Balaban J connectivity index is 4.96. The molecule has 0 bridgehead atoms. The summed E-state index contributed by atoms with van der Waals surface area (Å²) in [5.74, 6) is -5.49. The van der Waals surface area contributed by atoms with Crippen LogP contribution in [0.2, 0.25) is 0 Å². The van der Waals surface area contributed by atoms with Gasteiger partial charge in [-0.25, -0.2) is 4.79 Å². The first-order valence-electron chi connectivity index (χ1n) is 8.01. The van der Waals surface area contributed by atoms with Crippen LogP contribution >= 0.6 is 25.3 Å². The van der Waals surface area contributed by atoms with Gasteiger partial charge in [0.2, 0.25) is 17.7 Å². The molecule has 0 rings (SSSR count).